The van der Waals surface area contributed by atoms with Crippen molar-refractivity contribution < 1.29 is 4.42 Å². The SMILES string of the molecule is CC(C)c1nn(CN2CCC(Cc3ccccc3)CC2)c(=S)n1Cc1ccco1. The zero-order valence-electron chi connectivity index (χ0n) is 17.3. The molecule has 1 aromatic carbocycles. The number of benzene rings is 1. The number of nitrogens with zero attached hydrogens (tertiary/aromatic N) is 4. The molecule has 0 N–H and O–H groups in total. The van der Waals surface area contributed by atoms with E-state index in [1.165, 1.54) is 24.8 Å². The first kappa shape index (κ1) is 20.1. The summed E-state index contributed by atoms with van der Waals surface area (Å²) in [6.07, 6.45) is 5.35. The lowest BCUT2D eigenvalue weighted by Gasteiger charge is -2.31. The van der Waals surface area contributed by atoms with Crippen molar-refractivity contribution in [3.05, 3.63) is 70.6 Å². The van der Waals surface area contributed by atoms with E-state index < -0.39 is 0 Å². The molecule has 0 aliphatic carbocycles. The summed E-state index contributed by atoms with van der Waals surface area (Å²) < 4.78 is 10.4. The molecule has 0 radical (unpaired) electrons. The van der Waals surface area contributed by atoms with E-state index in [0.717, 1.165) is 42.0 Å². The van der Waals surface area contributed by atoms with Gasteiger partial charge in [0.05, 0.1) is 19.5 Å². The van der Waals surface area contributed by atoms with Crippen molar-refractivity contribution in [1.29, 1.82) is 0 Å². The molecule has 0 spiro atoms. The molecule has 1 aliphatic heterocycles. The lowest BCUT2D eigenvalue weighted by atomic mass is 9.90. The van der Waals surface area contributed by atoms with Crippen LogP contribution in [0.25, 0.3) is 0 Å². The Bertz CT molecular complexity index is 951. The summed E-state index contributed by atoms with van der Waals surface area (Å²) in [6.45, 7) is 7.92. The molecule has 3 heterocycles. The Balaban J connectivity index is 1.40. The fourth-order valence-corrected chi connectivity index (χ4v) is 4.41. The molecular weight excluding hydrogens is 380 g/mol. The topological polar surface area (TPSA) is 39.1 Å². The van der Waals surface area contributed by atoms with E-state index in [9.17, 15) is 0 Å². The quantitative estimate of drug-likeness (QED) is 0.509. The van der Waals surface area contributed by atoms with Gasteiger partial charge in [0, 0.05) is 19.0 Å². The zero-order chi connectivity index (χ0) is 20.2. The number of hydrogen-bond acceptors (Lipinski definition) is 4. The highest BCUT2D eigenvalue weighted by Crippen LogP contribution is 2.23. The number of rotatable bonds is 7. The first-order valence-electron chi connectivity index (χ1n) is 10.6. The highest BCUT2D eigenvalue weighted by Gasteiger charge is 2.22. The third kappa shape index (κ3) is 4.87. The molecule has 29 heavy (non-hydrogen) atoms. The largest absolute Gasteiger partial charge is 0.467 e. The van der Waals surface area contributed by atoms with Crippen LogP contribution in [0.4, 0.5) is 0 Å². The zero-order valence-corrected chi connectivity index (χ0v) is 18.1. The molecule has 6 heteroatoms. The van der Waals surface area contributed by atoms with Crippen LogP contribution in [0, 0.1) is 10.7 Å². The van der Waals surface area contributed by atoms with Gasteiger partial charge in [0.15, 0.2) is 4.77 Å². The fraction of sp³-hybridized carbons (Fsp3) is 0.478. The molecule has 3 aromatic rings. The van der Waals surface area contributed by atoms with Gasteiger partial charge in [-0.05, 0) is 55.1 Å². The Kier molecular flexibility index (Phi) is 6.31. The molecule has 0 atom stereocenters. The number of aromatic nitrogens is 3. The van der Waals surface area contributed by atoms with Gasteiger partial charge in [-0.25, -0.2) is 4.68 Å². The van der Waals surface area contributed by atoms with Crippen molar-refractivity contribution in [3.8, 4) is 0 Å². The van der Waals surface area contributed by atoms with Gasteiger partial charge in [0.25, 0.3) is 0 Å². The molecule has 1 saturated heterocycles. The molecule has 1 aliphatic rings. The summed E-state index contributed by atoms with van der Waals surface area (Å²) in [5.41, 5.74) is 1.45. The van der Waals surface area contributed by atoms with Crippen LogP contribution in [0.1, 0.15) is 49.8 Å². The van der Waals surface area contributed by atoms with Gasteiger partial charge in [0.1, 0.15) is 11.6 Å². The van der Waals surface area contributed by atoms with Crippen LogP contribution in [-0.2, 0) is 19.6 Å². The number of likely N-dealkylation sites (tertiary alicyclic amines) is 1. The van der Waals surface area contributed by atoms with Crippen LogP contribution in [0.15, 0.2) is 53.1 Å². The summed E-state index contributed by atoms with van der Waals surface area (Å²) in [5.74, 6) is 3.00. The van der Waals surface area contributed by atoms with Crippen molar-refractivity contribution in [3.63, 3.8) is 0 Å². The molecule has 1 fully saturated rings. The average Bonchev–Trinajstić information content (AvgIpc) is 3.34. The van der Waals surface area contributed by atoms with Crippen LogP contribution in [-0.4, -0.2) is 32.3 Å². The van der Waals surface area contributed by atoms with Gasteiger partial charge >= 0.3 is 0 Å². The van der Waals surface area contributed by atoms with Gasteiger partial charge in [0.2, 0.25) is 0 Å². The van der Waals surface area contributed by atoms with Gasteiger partial charge in [-0.15, -0.1) is 0 Å². The molecular formula is C23H30N4OS. The lowest BCUT2D eigenvalue weighted by molar-refractivity contribution is 0.139. The van der Waals surface area contributed by atoms with Crippen molar-refractivity contribution in [2.75, 3.05) is 13.1 Å². The van der Waals surface area contributed by atoms with E-state index in [-0.39, 0.29) is 0 Å². The summed E-state index contributed by atoms with van der Waals surface area (Å²) in [6, 6.07) is 14.7. The first-order chi connectivity index (χ1) is 14.1. The summed E-state index contributed by atoms with van der Waals surface area (Å²) in [4.78, 5) is 2.48. The summed E-state index contributed by atoms with van der Waals surface area (Å²) >= 11 is 5.78. The maximum absolute atomic E-state index is 5.78. The van der Waals surface area contributed by atoms with Gasteiger partial charge < -0.3 is 4.42 Å². The Morgan fingerprint density at radius 3 is 2.52 bits per heavy atom. The van der Waals surface area contributed by atoms with E-state index in [1.54, 1.807) is 6.26 Å². The predicted molar refractivity (Wildman–Crippen MR) is 117 cm³/mol. The minimum absolute atomic E-state index is 0.310. The molecule has 0 amide bonds. The maximum atomic E-state index is 5.78. The van der Waals surface area contributed by atoms with E-state index in [1.807, 2.05) is 16.8 Å². The second kappa shape index (κ2) is 9.09. The van der Waals surface area contributed by atoms with Crippen LogP contribution in [0.5, 0.6) is 0 Å². The van der Waals surface area contributed by atoms with Crippen LogP contribution < -0.4 is 0 Å². The van der Waals surface area contributed by atoms with Gasteiger partial charge in [-0.2, -0.15) is 5.10 Å². The standard InChI is InChI=1S/C23H30N4OS/c1-18(2)22-24-27(23(29)26(22)16-21-9-6-14-28-21)17-25-12-10-20(11-13-25)15-19-7-4-3-5-8-19/h3-9,14,18,20H,10-13,15-17H2,1-2H3. The molecule has 0 bridgehead atoms. The minimum atomic E-state index is 0.310. The Labute approximate surface area is 178 Å². The van der Waals surface area contributed by atoms with Gasteiger partial charge in [-0.1, -0.05) is 44.2 Å². The average molecular weight is 411 g/mol. The minimum Gasteiger partial charge on any atom is -0.467 e. The maximum Gasteiger partial charge on any atom is 0.199 e. The molecule has 4 rings (SSSR count). The molecule has 5 nitrogen and oxygen atoms in total. The van der Waals surface area contributed by atoms with E-state index in [2.05, 4.69) is 53.6 Å². The van der Waals surface area contributed by atoms with Crippen LogP contribution in [0.3, 0.4) is 0 Å². The summed E-state index contributed by atoms with van der Waals surface area (Å²) in [5, 5.41) is 4.86. The smallest absolute Gasteiger partial charge is 0.199 e. The molecule has 0 saturated carbocycles. The molecule has 154 valence electrons. The van der Waals surface area contributed by atoms with Crippen LogP contribution >= 0.6 is 12.2 Å². The fourth-order valence-electron chi connectivity index (χ4n) is 4.15. The number of furan rings is 1. The highest BCUT2D eigenvalue weighted by atomic mass is 32.1. The number of hydrogen-bond donors (Lipinski definition) is 0. The van der Waals surface area contributed by atoms with E-state index in [4.69, 9.17) is 21.7 Å². The lowest BCUT2D eigenvalue weighted by Crippen LogP contribution is -2.36. The van der Waals surface area contributed by atoms with Crippen molar-refractivity contribution in [2.45, 2.75) is 52.2 Å². The molecule has 0 unspecified atom stereocenters. The number of piperidine rings is 1. The highest BCUT2D eigenvalue weighted by molar-refractivity contribution is 7.71. The second-order valence-electron chi connectivity index (χ2n) is 8.35. The van der Waals surface area contributed by atoms with Gasteiger partial charge in [-0.3, -0.25) is 9.47 Å². The second-order valence-corrected chi connectivity index (χ2v) is 8.72. The Morgan fingerprint density at radius 1 is 1.10 bits per heavy atom. The first-order valence-corrected chi connectivity index (χ1v) is 11.0. The van der Waals surface area contributed by atoms with E-state index in [0.29, 0.717) is 12.5 Å². The normalized spacial score (nSPS) is 16.0. The third-order valence-electron chi connectivity index (χ3n) is 5.77. The van der Waals surface area contributed by atoms with Crippen molar-refractivity contribution >= 4 is 12.2 Å². The Hall–Kier alpha value is -2.18. The predicted octanol–water partition coefficient (Wildman–Crippen LogP) is 5.09. The monoisotopic (exact) mass is 410 g/mol. The van der Waals surface area contributed by atoms with Crippen molar-refractivity contribution in [2.24, 2.45) is 5.92 Å². The third-order valence-corrected chi connectivity index (χ3v) is 6.20. The van der Waals surface area contributed by atoms with Crippen LogP contribution in [0.2, 0.25) is 0 Å². The molecule has 2 aromatic heterocycles. The summed E-state index contributed by atoms with van der Waals surface area (Å²) in [7, 11) is 0. The Morgan fingerprint density at radius 2 is 1.86 bits per heavy atom. The van der Waals surface area contributed by atoms with Crippen molar-refractivity contribution in [1.82, 2.24) is 19.2 Å². The van der Waals surface area contributed by atoms with E-state index >= 15 is 0 Å².